The van der Waals surface area contributed by atoms with Gasteiger partial charge in [0, 0.05) is 19.7 Å². The number of ketones is 1. The van der Waals surface area contributed by atoms with E-state index in [1.54, 1.807) is 4.57 Å². The third-order valence-electron chi connectivity index (χ3n) is 1.84. The van der Waals surface area contributed by atoms with Crippen molar-refractivity contribution in [3.8, 4) is 0 Å². The molecule has 0 unspecified atom stereocenters. The minimum atomic E-state index is -1.00. The molecule has 0 saturated carbocycles. The molecular formula is C9H11NO3. The molecular weight excluding hydrogens is 170 g/mol. The lowest BCUT2D eigenvalue weighted by molar-refractivity contribution is 0.0697. The number of carboxylic acids is 1. The van der Waals surface area contributed by atoms with Crippen LogP contribution in [0.25, 0.3) is 0 Å². The van der Waals surface area contributed by atoms with E-state index in [4.69, 9.17) is 5.11 Å². The first-order chi connectivity index (χ1) is 6.06. The summed E-state index contributed by atoms with van der Waals surface area (Å²) in [7, 11) is 0. The summed E-state index contributed by atoms with van der Waals surface area (Å²) in [5.41, 5.74) is 0.604. The predicted octanol–water partition coefficient (Wildman–Crippen LogP) is 1.41. The highest BCUT2D eigenvalue weighted by Gasteiger charge is 2.12. The number of carboxylic acid groups (broad SMARTS) is 1. The maximum Gasteiger partial charge on any atom is 0.337 e. The Morgan fingerprint density at radius 3 is 2.46 bits per heavy atom. The standard InChI is InChI=1S/C9H11NO3/c1-3-10-5-7(9(12)13)4-8(10)6(2)11/h4-5H,3H2,1-2H3,(H,12,13). The molecule has 4 heteroatoms. The molecule has 0 spiro atoms. The van der Waals surface area contributed by atoms with Crippen LogP contribution in [-0.2, 0) is 6.54 Å². The summed E-state index contributed by atoms with van der Waals surface area (Å²) in [6, 6.07) is 1.40. The number of nitrogens with zero attached hydrogens (tertiary/aromatic N) is 1. The van der Waals surface area contributed by atoms with Crippen LogP contribution in [0.15, 0.2) is 12.3 Å². The highest BCUT2D eigenvalue weighted by Crippen LogP contribution is 2.09. The fourth-order valence-corrected chi connectivity index (χ4v) is 1.19. The van der Waals surface area contributed by atoms with Gasteiger partial charge in [-0.15, -0.1) is 0 Å². The van der Waals surface area contributed by atoms with E-state index in [0.29, 0.717) is 12.2 Å². The van der Waals surface area contributed by atoms with Crippen molar-refractivity contribution in [1.29, 1.82) is 0 Å². The Morgan fingerprint density at radius 1 is 1.54 bits per heavy atom. The maximum atomic E-state index is 11.0. The molecule has 0 amide bonds. The number of aromatic carboxylic acids is 1. The van der Waals surface area contributed by atoms with Crippen LogP contribution >= 0.6 is 0 Å². The predicted molar refractivity (Wildman–Crippen MR) is 47.1 cm³/mol. The number of aromatic nitrogens is 1. The number of hydrogen-bond acceptors (Lipinski definition) is 2. The molecule has 0 fully saturated rings. The van der Waals surface area contributed by atoms with Crippen molar-refractivity contribution in [3.63, 3.8) is 0 Å². The van der Waals surface area contributed by atoms with Crippen LogP contribution in [0.4, 0.5) is 0 Å². The maximum absolute atomic E-state index is 11.0. The summed E-state index contributed by atoms with van der Waals surface area (Å²) >= 11 is 0. The zero-order chi connectivity index (χ0) is 10.0. The van der Waals surface area contributed by atoms with Crippen molar-refractivity contribution in [1.82, 2.24) is 4.57 Å². The van der Waals surface area contributed by atoms with Crippen LogP contribution in [0.3, 0.4) is 0 Å². The molecule has 13 heavy (non-hydrogen) atoms. The molecule has 0 bridgehead atoms. The number of Topliss-reactive ketones (excluding diaryl/α,β-unsaturated/α-hetero) is 1. The first-order valence-electron chi connectivity index (χ1n) is 4.00. The molecule has 0 aliphatic carbocycles. The Kier molecular flexibility index (Phi) is 2.51. The van der Waals surface area contributed by atoms with Gasteiger partial charge in [-0.25, -0.2) is 4.79 Å². The first-order valence-corrected chi connectivity index (χ1v) is 4.00. The summed E-state index contributed by atoms with van der Waals surface area (Å²) in [6.45, 7) is 3.88. The second-order valence-electron chi connectivity index (χ2n) is 2.76. The molecule has 0 aromatic carbocycles. The van der Waals surface area contributed by atoms with Gasteiger partial charge in [-0.05, 0) is 13.0 Å². The smallest absolute Gasteiger partial charge is 0.337 e. The van der Waals surface area contributed by atoms with Gasteiger partial charge in [-0.1, -0.05) is 0 Å². The Balaban J connectivity index is 3.19. The molecule has 0 atom stereocenters. The molecule has 4 nitrogen and oxygen atoms in total. The average molecular weight is 181 g/mol. The van der Waals surface area contributed by atoms with E-state index < -0.39 is 5.97 Å². The number of carbonyl (C=O) groups excluding carboxylic acids is 1. The van der Waals surface area contributed by atoms with Crippen LogP contribution in [0.2, 0.25) is 0 Å². The molecule has 1 rings (SSSR count). The summed E-state index contributed by atoms with van der Waals surface area (Å²) in [4.78, 5) is 21.6. The van der Waals surface area contributed by atoms with Crippen molar-refractivity contribution >= 4 is 11.8 Å². The minimum Gasteiger partial charge on any atom is -0.478 e. The van der Waals surface area contributed by atoms with Crippen molar-refractivity contribution in [2.45, 2.75) is 20.4 Å². The normalized spacial score (nSPS) is 10.0. The molecule has 0 aliphatic rings. The summed E-state index contributed by atoms with van der Waals surface area (Å²) in [6.07, 6.45) is 1.47. The molecule has 0 saturated heterocycles. The van der Waals surface area contributed by atoms with Crippen LogP contribution in [0, 0.1) is 0 Å². The SMILES string of the molecule is CCn1cc(C(=O)O)cc1C(C)=O. The highest BCUT2D eigenvalue weighted by molar-refractivity contribution is 5.96. The Morgan fingerprint density at radius 2 is 2.15 bits per heavy atom. The second-order valence-corrected chi connectivity index (χ2v) is 2.76. The first kappa shape index (κ1) is 9.51. The molecule has 0 radical (unpaired) electrons. The Hall–Kier alpha value is -1.58. The molecule has 1 aromatic heterocycles. The van der Waals surface area contributed by atoms with E-state index >= 15 is 0 Å². The van der Waals surface area contributed by atoms with Gasteiger partial charge in [-0.3, -0.25) is 4.79 Å². The quantitative estimate of drug-likeness (QED) is 0.717. The third-order valence-corrected chi connectivity index (χ3v) is 1.84. The summed E-state index contributed by atoms with van der Waals surface area (Å²) in [5.74, 6) is -1.12. The van der Waals surface area contributed by atoms with Crippen LogP contribution in [0.5, 0.6) is 0 Å². The molecule has 1 aromatic rings. The third kappa shape index (κ3) is 1.77. The van der Waals surface area contributed by atoms with E-state index in [2.05, 4.69) is 0 Å². The largest absolute Gasteiger partial charge is 0.478 e. The number of rotatable bonds is 3. The van der Waals surface area contributed by atoms with Gasteiger partial charge >= 0.3 is 5.97 Å². The minimum absolute atomic E-state index is 0.116. The zero-order valence-electron chi connectivity index (χ0n) is 7.57. The van der Waals surface area contributed by atoms with Crippen LogP contribution in [-0.4, -0.2) is 21.4 Å². The Bertz CT molecular complexity index is 352. The van der Waals surface area contributed by atoms with Crippen LogP contribution < -0.4 is 0 Å². The fourth-order valence-electron chi connectivity index (χ4n) is 1.19. The lowest BCUT2D eigenvalue weighted by atomic mass is 10.2. The van der Waals surface area contributed by atoms with Gasteiger partial charge < -0.3 is 9.67 Å². The van der Waals surface area contributed by atoms with E-state index in [0.717, 1.165) is 0 Å². The van der Waals surface area contributed by atoms with Gasteiger partial charge in [0.25, 0.3) is 0 Å². The van der Waals surface area contributed by atoms with Gasteiger partial charge in [0.15, 0.2) is 5.78 Å². The van der Waals surface area contributed by atoms with Gasteiger partial charge in [0.2, 0.25) is 0 Å². The molecule has 1 heterocycles. The molecule has 1 N–H and O–H groups in total. The number of aryl methyl sites for hydroxylation is 1. The van der Waals surface area contributed by atoms with Gasteiger partial charge in [0.05, 0.1) is 11.3 Å². The van der Waals surface area contributed by atoms with Crippen molar-refractivity contribution in [2.75, 3.05) is 0 Å². The van der Waals surface area contributed by atoms with E-state index in [1.165, 1.54) is 19.2 Å². The molecule has 0 aliphatic heterocycles. The second kappa shape index (κ2) is 3.43. The summed E-state index contributed by atoms with van der Waals surface area (Å²) in [5, 5.41) is 8.68. The Labute approximate surface area is 75.8 Å². The van der Waals surface area contributed by atoms with Crippen molar-refractivity contribution in [3.05, 3.63) is 23.5 Å². The van der Waals surface area contributed by atoms with Crippen molar-refractivity contribution in [2.24, 2.45) is 0 Å². The summed E-state index contributed by atoms with van der Waals surface area (Å²) < 4.78 is 1.63. The monoisotopic (exact) mass is 181 g/mol. The topological polar surface area (TPSA) is 59.3 Å². The van der Waals surface area contributed by atoms with E-state index in [-0.39, 0.29) is 11.3 Å². The van der Waals surface area contributed by atoms with Crippen LogP contribution in [0.1, 0.15) is 34.7 Å². The lowest BCUT2D eigenvalue weighted by Gasteiger charge is -2.00. The van der Waals surface area contributed by atoms with Gasteiger partial charge in [-0.2, -0.15) is 0 Å². The molecule has 70 valence electrons. The number of hydrogen-bond donors (Lipinski definition) is 1. The fraction of sp³-hybridized carbons (Fsp3) is 0.333. The van der Waals surface area contributed by atoms with E-state index in [9.17, 15) is 9.59 Å². The lowest BCUT2D eigenvalue weighted by Crippen LogP contribution is -2.03. The van der Waals surface area contributed by atoms with Crippen molar-refractivity contribution < 1.29 is 14.7 Å². The van der Waals surface area contributed by atoms with E-state index in [1.807, 2.05) is 6.92 Å². The van der Waals surface area contributed by atoms with Gasteiger partial charge in [0.1, 0.15) is 0 Å². The zero-order valence-corrected chi connectivity index (χ0v) is 7.57. The highest BCUT2D eigenvalue weighted by atomic mass is 16.4. The number of carbonyl (C=O) groups is 2. The average Bonchev–Trinajstić information content (AvgIpc) is 2.47.